The molecule has 1 atom stereocenters. The van der Waals surface area contributed by atoms with Crippen molar-refractivity contribution in [1.82, 2.24) is 15.1 Å². The van der Waals surface area contributed by atoms with E-state index in [0.29, 0.717) is 24.2 Å². The van der Waals surface area contributed by atoms with Gasteiger partial charge in [-0.05, 0) is 37.8 Å². The Morgan fingerprint density at radius 2 is 2.17 bits per heavy atom. The molecule has 7 heteroatoms. The fourth-order valence-electron chi connectivity index (χ4n) is 3.12. The third-order valence-electron chi connectivity index (χ3n) is 4.66. The van der Waals surface area contributed by atoms with Crippen LogP contribution in [0.15, 0.2) is 27.2 Å². The number of likely N-dealkylation sites (tertiary alicyclic amines) is 1. The first-order valence-corrected chi connectivity index (χ1v) is 8.22. The molecule has 1 aliphatic carbocycles. The minimum atomic E-state index is -0.0674. The molecule has 4 rings (SSSR count). The standard InChI is InChI=1S/C16H20N4O3/c21-15(13-7-3-9-22-13)20-8-2-6-12(10-20)17-16-19-18-14(23-16)11-4-1-5-11/h3,7,9,11-12H,1-2,4-6,8,10H2,(H,17,19)/t12-/m1/s1. The van der Waals surface area contributed by atoms with Crippen LogP contribution >= 0.6 is 0 Å². The van der Waals surface area contributed by atoms with Gasteiger partial charge in [0.05, 0.1) is 6.26 Å². The highest BCUT2D eigenvalue weighted by atomic mass is 16.4. The summed E-state index contributed by atoms with van der Waals surface area (Å²) in [6.07, 6.45) is 6.94. The molecule has 122 valence electrons. The lowest BCUT2D eigenvalue weighted by molar-refractivity contribution is 0.0682. The van der Waals surface area contributed by atoms with Crippen molar-refractivity contribution in [1.29, 1.82) is 0 Å². The van der Waals surface area contributed by atoms with Gasteiger partial charge >= 0.3 is 6.01 Å². The maximum Gasteiger partial charge on any atom is 0.315 e. The first-order valence-electron chi connectivity index (χ1n) is 8.22. The van der Waals surface area contributed by atoms with Gasteiger partial charge in [0.1, 0.15) is 0 Å². The van der Waals surface area contributed by atoms with E-state index in [-0.39, 0.29) is 11.9 Å². The van der Waals surface area contributed by atoms with Crippen molar-refractivity contribution in [3.8, 4) is 0 Å². The predicted molar refractivity (Wildman–Crippen MR) is 82.1 cm³/mol. The third kappa shape index (κ3) is 2.95. The van der Waals surface area contributed by atoms with Crippen molar-refractivity contribution in [3.63, 3.8) is 0 Å². The summed E-state index contributed by atoms with van der Waals surface area (Å²) in [7, 11) is 0. The van der Waals surface area contributed by atoms with Crippen LogP contribution in [0, 0.1) is 0 Å². The third-order valence-corrected chi connectivity index (χ3v) is 4.66. The Morgan fingerprint density at radius 1 is 1.26 bits per heavy atom. The van der Waals surface area contributed by atoms with Gasteiger partial charge in [-0.3, -0.25) is 4.79 Å². The number of nitrogens with one attached hydrogen (secondary N) is 1. The number of aromatic nitrogens is 2. The van der Waals surface area contributed by atoms with E-state index in [9.17, 15) is 4.79 Å². The molecule has 0 spiro atoms. The Morgan fingerprint density at radius 3 is 2.91 bits per heavy atom. The van der Waals surface area contributed by atoms with E-state index >= 15 is 0 Å². The Labute approximate surface area is 134 Å². The number of piperidine rings is 1. The number of hydrogen-bond donors (Lipinski definition) is 1. The summed E-state index contributed by atoms with van der Waals surface area (Å²) in [5, 5.41) is 11.5. The van der Waals surface area contributed by atoms with Crippen LogP contribution in [0.25, 0.3) is 0 Å². The van der Waals surface area contributed by atoms with Gasteiger partial charge in [0.25, 0.3) is 5.91 Å². The van der Waals surface area contributed by atoms with E-state index in [0.717, 1.165) is 38.1 Å². The minimum absolute atomic E-state index is 0.0674. The number of nitrogens with zero attached hydrogens (tertiary/aromatic N) is 3. The lowest BCUT2D eigenvalue weighted by Gasteiger charge is -2.32. The van der Waals surface area contributed by atoms with Crippen LogP contribution in [0.1, 0.15) is 54.5 Å². The summed E-state index contributed by atoms with van der Waals surface area (Å²) < 4.78 is 10.9. The van der Waals surface area contributed by atoms with E-state index in [1.807, 2.05) is 4.90 Å². The molecule has 1 aliphatic heterocycles. The molecule has 3 heterocycles. The van der Waals surface area contributed by atoms with Gasteiger partial charge in [0, 0.05) is 25.0 Å². The second kappa shape index (κ2) is 6.06. The summed E-state index contributed by atoms with van der Waals surface area (Å²) in [6, 6.07) is 4.01. The van der Waals surface area contributed by atoms with Crippen LogP contribution in [0.4, 0.5) is 6.01 Å². The second-order valence-corrected chi connectivity index (χ2v) is 6.29. The van der Waals surface area contributed by atoms with Crippen LogP contribution in [0.2, 0.25) is 0 Å². The molecule has 1 N–H and O–H groups in total. The topological polar surface area (TPSA) is 84.4 Å². The van der Waals surface area contributed by atoms with E-state index < -0.39 is 0 Å². The molecule has 2 fully saturated rings. The summed E-state index contributed by atoms with van der Waals surface area (Å²) in [6.45, 7) is 1.36. The highest BCUT2D eigenvalue weighted by Gasteiger charge is 2.28. The number of rotatable bonds is 4. The van der Waals surface area contributed by atoms with Crippen molar-refractivity contribution in [2.45, 2.75) is 44.1 Å². The lowest BCUT2D eigenvalue weighted by atomic mass is 9.85. The molecule has 23 heavy (non-hydrogen) atoms. The van der Waals surface area contributed by atoms with Gasteiger partial charge in [-0.25, -0.2) is 0 Å². The molecule has 2 aliphatic rings. The Kier molecular flexibility index (Phi) is 3.77. The maximum atomic E-state index is 12.4. The normalized spacial score (nSPS) is 21.9. The summed E-state index contributed by atoms with van der Waals surface area (Å²) in [5.74, 6) is 1.48. The van der Waals surface area contributed by atoms with Gasteiger partial charge in [-0.2, -0.15) is 0 Å². The molecule has 7 nitrogen and oxygen atoms in total. The molecular formula is C16H20N4O3. The van der Waals surface area contributed by atoms with Crippen molar-refractivity contribution < 1.29 is 13.6 Å². The van der Waals surface area contributed by atoms with Crippen LogP contribution in [-0.2, 0) is 0 Å². The molecule has 0 radical (unpaired) electrons. The van der Waals surface area contributed by atoms with E-state index in [1.165, 1.54) is 12.7 Å². The average molecular weight is 316 g/mol. The van der Waals surface area contributed by atoms with Gasteiger partial charge in [-0.1, -0.05) is 11.5 Å². The number of carbonyl (C=O) groups is 1. The first kappa shape index (κ1) is 14.3. The van der Waals surface area contributed by atoms with Crippen LogP contribution in [0.5, 0.6) is 0 Å². The van der Waals surface area contributed by atoms with Gasteiger partial charge in [0.15, 0.2) is 5.76 Å². The quantitative estimate of drug-likeness (QED) is 0.933. The van der Waals surface area contributed by atoms with Crippen molar-refractivity contribution in [2.24, 2.45) is 0 Å². The molecule has 1 saturated carbocycles. The predicted octanol–water partition coefficient (Wildman–Crippen LogP) is 2.65. The van der Waals surface area contributed by atoms with Crippen molar-refractivity contribution in [2.75, 3.05) is 18.4 Å². The zero-order valence-electron chi connectivity index (χ0n) is 12.9. The molecule has 0 aromatic carbocycles. The molecule has 0 bridgehead atoms. The van der Waals surface area contributed by atoms with Crippen LogP contribution in [-0.4, -0.2) is 40.1 Å². The fourth-order valence-corrected chi connectivity index (χ4v) is 3.12. The summed E-state index contributed by atoms with van der Waals surface area (Å²) >= 11 is 0. The highest BCUT2D eigenvalue weighted by molar-refractivity contribution is 5.91. The van der Waals surface area contributed by atoms with Gasteiger partial charge < -0.3 is 19.1 Å². The number of anilines is 1. The van der Waals surface area contributed by atoms with E-state index in [1.54, 1.807) is 12.1 Å². The van der Waals surface area contributed by atoms with Crippen LogP contribution < -0.4 is 5.32 Å². The van der Waals surface area contributed by atoms with Crippen LogP contribution in [0.3, 0.4) is 0 Å². The van der Waals surface area contributed by atoms with Crippen molar-refractivity contribution >= 4 is 11.9 Å². The molecular weight excluding hydrogens is 296 g/mol. The maximum absolute atomic E-state index is 12.4. The molecule has 1 amide bonds. The van der Waals surface area contributed by atoms with Gasteiger partial charge in [-0.15, -0.1) is 5.10 Å². The fraction of sp³-hybridized carbons (Fsp3) is 0.562. The SMILES string of the molecule is O=C(c1ccco1)N1CCC[C@@H](Nc2nnc(C3CCC3)o2)C1. The van der Waals surface area contributed by atoms with Gasteiger partial charge in [0.2, 0.25) is 5.89 Å². The number of amides is 1. The number of hydrogen-bond acceptors (Lipinski definition) is 6. The first-order chi connectivity index (χ1) is 11.3. The largest absolute Gasteiger partial charge is 0.459 e. The molecule has 0 unspecified atom stereocenters. The zero-order valence-corrected chi connectivity index (χ0v) is 12.9. The molecule has 1 saturated heterocycles. The monoisotopic (exact) mass is 316 g/mol. The average Bonchev–Trinajstić information content (AvgIpc) is 3.17. The Bertz CT molecular complexity index is 663. The zero-order chi connectivity index (χ0) is 15.6. The smallest absolute Gasteiger partial charge is 0.315 e. The van der Waals surface area contributed by atoms with Crippen molar-refractivity contribution in [3.05, 3.63) is 30.0 Å². The van der Waals surface area contributed by atoms with E-state index in [4.69, 9.17) is 8.83 Å². The number of furan rings is 1. The summed E-state index contributed by atoms with van der Waals surface area (Å²) in [5.41, 5.74) is 0. The highest BCUT2D eigenvalue weighted by Crippen LogP contribution is 2.36. The second-order valence-electron chi connectivity index (χ2n) is 6.29. The molecule has 2 aromatic heterocycles. The lowest BCUT2D eigenvalue weighted by Crippen LogP contribution is -2.45. The minimum Gasteiger partial charge on any atom is -0.459 e. The Balaban J connectivity index is 1.37. The van der Waals surface area contributed by atoms with E-state index in [2.05, 4.69) is 15.5 Å². The number of carbonyl (C=O) groups excluding carboxylic acids is 1. The Hall–Kier alpha value is -2.31. The molecule has 2 aromatic rings. The summed E-state index contributed by atoms with van der Waals surface area (Å²) in [4.78, 5) is 14.2.